The van der Waals surface area contributed by atoms with E-state index in [0.717, 1.165) is 14.2 Å². The molecule has 0 saturated carbocycles. The summed E-state index contributed by atoms with van der Waals surface area (Å²) in [5.41, 5.74) is 0.253. The quantitative estimate of drug-likeness (QED) is 0.454. The fourth-order valence-corrected chi connectivity index (χ4v) is 1.62. The van der Waals surface area contributed by atoms with Crippen molar-refractivity contribution in [2.45, 2.75) is 6.04 Å². The predicted octanol–water partition coefficient (Wildman–Crippen LogP) is 0.309. The molecule has 0 saturated heterocycles. The maximum atomic E-state index is 11.9. The van der Waals surface area contributed by atoms with Crippen molar-refractivity contribution in [3.05, 3.63) is 29.8 Å². The van der Waals surface area contributed by atoms with Gasteiger partial charge in [-0.2, -0.15) is 0 Å². The predicted molar refractivity (Wildman–Crippen MR) is 77.8 cm³/mol. The van der Waals surface area contributed by atoms with E-state index < -0.39 is 30.0 Å². The van der Waals surface area contributed by atoms with E-state index in [0.29, 0.717) is 0 Å². The van der Waals surface area contributed by atoms with E-state index in [9.17, 15) is 19.2 Å². The number of carbonyl (C=O) groups excluding carboxylic acids is 4. The summed E-state index contributed by atoms with van der Waals surface area (Å²) in [4.78, 5) is 46.5. The third kappa shape index (κ3) is 4.70. The summed E-state index contributed by atoms with van der Waals surface area (Å²) in [7, 11) is 3.32. The Hall–Kier alpha value is -3.10. The van der Waals surface area contributed by atoms with E-state index in [4.69, 9.17) is 0 Å². The molecule has 124 valence electrons. The van der Waals surface area contributed by atoms with Crippen molar-refractivity contribution < 1.29 is 33.4 Å². The van der Waals surface area contributed by atoms with E-state index in [1.807, 2.05) is 0 Å². The van der Waals surface area contributed by atoms with Crippen molar-refractivity contribution in [2.75, 3.05) is 26.6 Å². The Labute approximate surface area is 131 Å². The van der Waals surface area contributed by atoms with Gasteiger partial charge in [0.25, 0.3) is 0 Å². The van der Waals surface area contributed by atoms with Crippen LogP contribution in [0.3, 0.4) is 0 Å². The van der Waals surface area contributed by atoms with Gasteiger partial charge >= 0.3 is 23.9 Å². The zero-order chi connectivity index (χ0) is 17.4. The lowest BCUT2D eigenvalue weighted by molar-refractivity contribution is -0.154. The van der Waals surface area contributed by atoms with Gasteiger partial charge in [-0.25, -0.2) is 19.2 Å². The molecule has 0 atom stereocenters. The molecule has 1 aromatic rings. The molecule has 1 aromatic carbocycles. The molecule has 0 aromatic heterocycles. The molecule has 2 amide bonds. The minimum Gasteiger partial charge on any atom is -0.467 e. The second-order valence-corrected chi connectivity index (χ2v) is 4.11. The Bertz CT molecular complexity index is 599. The number of benzene rings is 1. The minimum atomic E-state index is -1.63. The van der Waals surface area contributed by atoms with Crippen molar-refractivity contribution in [1.29, 1.82) is 0 Å². The average molecular weight is 324 g/mol. The Kier molecular flexibility index (Phi) is 6.53. The van der Waals surface area contributed by atoms with Gasteiger partial charge in [0, 0.05) is 0 Å². The molecule has 9 nitrogen and oxygen atoms in total. The molecular formula is C14H16N2O7. The van der Waals surface area contributed by atoms with Crippen LogP contribution >= 0.6 is 0 Å². The highest BCUT2D eigenvalue weighted by Crippen LogP contribution is 2.15. The summed E-state index contributed by atoms with van der Waals surface area (Å²) in [6.07, 6.45) is 0. The van der Waals surface area contributed by atoms with Crippen molar-refractivity contribution >= 4 is 29.6 Å². The largest absolute Gasteiger partial charge is 0.467 e. The third-order valence-electron chi connectivity index (χ3n) is 2.73. The van der Waals surface area contributed by atoms with Gasteiger partial charge in [-0.1, -0.05) is 12.1 Å². The van der Waals surface area contributed by atoms with Crippen LogP contribution in [-0.2, 0) is 23.8 Å². The molecule has 0 bridgehead atoms. The first-order valence-corrected chi connectivity index (χ1v) is 6.35. The SMILES string of the molecule is COC(=O)c1ccccc1NC(=O)NC(C(=O)OC)C(=O)OC. The van der Waals surface area contributed by atoms with Crippen LogP contribution in [0.25, 0.3) is 0 Å². The number of nitrogens with one attached hydrogen (secondary N) is 2. The molecule has 0 spiro atoms. The van der Waals surface area contributed by atoms with E-state index in [1.54, 1.807) is 12.1 Å². The Morgan fingerprint density at radius 1 is 0.913 bits per heavy atom. The molecule has 9 heteroatoms. The number of carbonyl (C=O) groups is 4. The van der Waals surface area contributed by atoms with Gasteiger partial charge in [0.2, 0.25) is 6.04 Å². The van der Waals surface area contributed by atoms with Crippen LogP contribution in [0.4, 0.5) is 10.5 Å². The molecule has 0 radical (unpaired) electrons. The van der Waals surface area contributed by atoms with E-state index in [-0.39, 0.29) is 11.3 Å². The normalized spacial score (nSPS) is 9.74. The second-order valence-electron chi connectivity index (χ2n) is 4.11. The van der Waals surface area contributed by atoms with Crippen molar-refractivity contribution in [1.82, 2.24) is 5.32 Å². The van der Waals surface area contributed by atoms with E-state index >= 15 is 0 Å². The van der Waals surface area contributed by atoms with Crippen LogP contribution in [0.15, 0.2) is 24.3 Å². The maximum absolute atomic E-state index is 11.9. The Morgan fingerprint density at radius 3 is 2.00 bits per heavy atom. The monoisotopic (exact) mass is 324 g/mol. The summed E-state index contributed by atoms with van der Waals surface area (Å²) in [6.45, 7) is 0. The summed E-state index contributed by atoms with van der Waals surface area (Å²) < 4.78 is 13.4. The van der Waals surface area contributed by atoms with Gasteiger partial charge in [0.15, 0.2) is 0 Å². The topological polar surface area (TPSA) is 120 Å². The number of methoxy groups -OCH3 is 3. The number of urea groups is 1. The van der Waals surface area contributed by atoms with E-state index in [1.165, 1.54) is 19.2 Å². The summed E-state index contributed by atoms with van der Waals surface area (Å²) in [5, 5.41) is 4.45. The second kappa shape index (κ2) is 8.37. The van der Waals surface area contributed by atoms with Crippen LogP contribution < -0.4 is 10.6 Å². The van der Waals surface area contributed by atoms with Crippen LogP contribution in [-0.4, -0.2) is 51.3 Å². The first-order valence-electron chi connectivity index (χ1n) is 6.35. The van der Waals surface area contributed by atoms with Crippen LogP contribution in [0.1, 0.15) is 10.4 Å². The summed E-state index contributed by atoms with van der Waals surface area (Å²) in [6, 6.07) is 3.54. The Morgan fingerprint density at radius 2 is 1.48 bits per heavy atom. The summed E-state index contributed by atoms with van der Waals surface area (Å²) in [5.74, 6) is -2.64. The third-order valence-corrected chi connectivity index (χ3v) is 2.73. The molecule has 23 heavy (non-hydrogen) atoms. The number of rotatable bonds is 5. The van der Waals surface area contributed by atoms with Crippen molar-refractivity contribution in [2.24, 2.45) is 0 Å². The fraction of sp³-hybridized carbons (Fsp3) is 0.286. The zero-order valence-electron chi connectivity index (χ0n) is 12.7. The lowest BCUT2D eigenvalue weighted by atomic mass is 10.2. The van der Waals surface area contributed by atoms with Gasteiger partial charge in [0.05, 0.1) is 32.6 Å². The molecule has 0 heterocycles. The highest BCUT2D eigenvalue weighted by Gasteiger charge is 2.30. The number of ether oxygens (including phenoxy) is 3. The first-order chi connectivity index (χ1) is 10.9. The average Bonchev–Trinajstić information content (AvgIpc) is 2.58. The van der Waals surface area contributed by atoms with Crippen LogP contribution in [0.5, 0.6) is 0 Å². The van der Waals surface area contributed by atoms with Gasteiger partial charge < -0.3 is 24.8 Å². The standard InChI is InChI=1S/C14H16N2O7/c1-21-11(17)8-6-4-5-7-9(8)15-14(20)16-10(12(18)22-2)13(19)23-3/h4-7,10H,1-3H3,(H2,15,16,20). The van der Waals surface area contributed by atoms with Gasteiger partial charge in [-0.3, -0.25) is 0 Å². The lowest BCUT2D eigenvalue weighted by Crippen LogP contribution is -2.49. The maximum Gasteiger partial charge on any atom is 0.340 e. The number of hydrogen-bond acceptors (Lipinski definition) is 7. The van der Waals surface area contributed by atoms with E-state index in [2.05, 4.69) is 24.8 Å². The molecule has 0 aliphatic carbocycles. The molecule has 0 fully saturated rings. The smallest absolute Gasteiger partial charge is 0.340 e. The zero-order valence-corrected chi connectivity index (χ0v) is 12.7. The number of amides is 2. The minimum absolute atomic E-state index is 0.109. The van der Waals surface area contributed by atoms with Crippen LogP contribution in [0.2, 0.25) is 0 Å². The fourth-order valence-electron chi connectivity index (χ4n) is 1.62. The molecule has 0 aliphatic rings. The Balaban J connectivity index is 2.89. The molecule has 0 unspecified atom stereocenters. The highest BCUT2D eigenvalue weighted by atomic mass is 16.5. The van der Waals surface area contributed by atoms with Gasteiger partial charge in [-0.05, 0) is 12.1 Å². The number of hydrogen-bond donors (Lipinski definition) is 2. The molecule has 1 rings (SSSR count). The molecule has 2 N–H and O–H groups in total. The molecular weight excluding hydrogens is 308 g/mol. The van der Waals surface area contributed by atoms with Crippen LogP contribution in [0, 0.1) is 0 Å². The summed E-state index contributed by atoms with van der Waals surface area (Å²) >= 11 is 0. The highest BCUT2D eigenvalue weighted by molar-refractivity contribution is 6.05. The number of esters is 3. The van der Waals surface area contributed by atoms with Gasteiger partial charge in [0.1, 0.15) is 0 Å². The number of anilines is 1. The lowest BCUT2D eigenvalue weighted by Gasteiger charge is -2.15. The first kappa shape index (κ1) is 18.0. The van der Waals surface area contributed by atoms with Crippen molar-refractivity contribution in [3.8, 4) is 0 Å². The van der Waals surface area contributed by atoms with Crippen molar-refractivity contribution in [3.63, 3.8) is 0 Å². The van der Waals surface area contributed by atoms with Gasteiger partial charge in [-0.15, -0.1) is 0 Å². The number of para-hydroxylation sites is 1. The molecule has 0 aliphatic heterocycles.